The van der Waals surface area contributed by atoms with E-state index in [1.54, 1.807) is 6.92 Å². The van der Waals surface area contributed by atoms with E-state index in [2.05, 4.69) is 5.32 Å². The Hall–Kier alpha value is -1.69. The lowest BCUT2D eigenvalue weighted by Gasteiger charge is -2.20. The first-order valence-corrected chi connectivity index (χ1v) is 5.29. The minimum atomic E-state index is -0.804. The monoisotopic (exact) mass is 243 g/mol. The molecule has 0 saturated heterocycles. The number of anilines is 1. The molecule has 0 aliphatic heterocycles. The van der Waals surface area contributed by atoms with Crippen LogP contribution in [0, 0.1) is 11.6 Å². The maximum absolute atomic E-state index is 13.3. The van der Waals surface area contributed by atoms with E-state index < -0.39 is 17.7 Å². The van der Waals surface area contributed by atoms with Crippen LogP contribution < -0.4 is 11.1 Å². The van der Waals surface area contributed by atoms with Crippen LogP contribution in [0.1, 0.15) is 6.92 Å². The summed E-state index contributed by atoms with van der Waals surface area (Å²) in [5, 5.41) is 2.36. The Kier molecular flexibility index (Phi) is 4.84. The molecule has 0 spiro atoms. The Bertz CT molecular complexity index is 398. The molecule has 94 valence electrons. The predicted molar refractivity (Wildman–Crippen MR) is 61.7 cm³/mol. The highest BCUT2D eigenvalue weighted by atomic mass is 19.1. The lowest BCUT2D eigenvalue weighted by atomic mass is 10.3. The van der Waals surface area contributed by atoms with Gasteiger partial charge in [-0.15, -0.1) is 0 Å². The van der Waals surface area contributed by atoms with E-state index in [0.717, 1.165) is 12.1 Å². The smallest absolute Gasteiger partial charge is 0.321 e. The molecule has 0 aliphatic rings. The summed E-state index contributed by atoms with van der Waals surface area (Å²) in [6.45, 7) is 2.96. The Morgan fingerprint density at radius 3 is 2.71 bits per heavy atom. The molecule has 3 N–H and O–H groups in total. The van der Waals surface area contributed by atoms with Gasteiger partial charge in [0.2, 0.25) is 0 Å². The summed E-state index contributed by atoms with van der Waals surface area (Å²) in [6.07, 6.45) is 0. The standard InChI is InChI=1S/C11H15F2N3O/c1-2-16(6-5-14)11(17)15-10-4-3-8(12)7-9(10)13/h3-4,7H,2,5-6,14H2,1H3,(H,15,17). The number of carbonyl (C=O) groups excluding carboxylic acids is 1. The van der Waals surface area contributed by atoms with Crippen molar-refractivity contribution in [2.75, 3.05) is 25.0 Å². The molecule has 4 nitrogen and oxygen atoms in total. The summed E-state index contributed by atoms with van der Waals surface area (Å²) in [7, 11) is 0. The average Bonchev–Trinajstić information content (AvgIpc) is 2.29. The second-order valence-corrected chi connectivity index (χ2v) is 3.42. The third-order valence-corrected chi connectivity index (χ3v) is 2.24. The van der Waals surface area contributed by atoms with Gasteiger partial charge in [-0.3, -0.25) is 0 Å². The van der Waals surface area contributed by atoms with E-state index in [4.69, 9.17) is 5.73 Å². The Balaban J connectivity index is 2.73. The zero-order valence-electron chi connectivity index (χ0n) is 9.54. The minimum Gasteiger partial charge on any atom is -0.329 e. The van der Waals surface area contributed by atoms with Gasteiger partial charge in [-0.1, -0.05) is 0 Å². The fourth-order valence-corrected chi connectivity index (χ4v) is 1.34. The van der Waals surface area contributed by atoms with Gasteiger partial charge in [0.25, 0.3) is 0 Å². The molecule has 0 fully saturated rings. The summed E-state index contributed by atoms with van der Waals surface area (Å²) in [4.78, 5) is 13.1. The third-order valence-electron chi connectivity index (χ3n) is 2.24. The first-order valence-electron chi connectivity index (χ1n) is 5.29. The second-order valence-electron chi connectivity index (χ2n) is 3.42. The van der Waals surface area contributed by atoms with E-state index in [0.29, 0.717) is 19.6 Å². The van der Waals surface area contributed by atoms with Gasteiger partial charge in [-0.2, -0.15) is 0 Å². The van der Waals surface area contributed by atoms with Crippen LogP contribution in [0.15, 0.2) is 18.2 Å². The number of likely N-dealkylation sites (N-methyl/N-ethyl adjacent to an activating group) is 1. The molecule has 0 unspecified atom stereocenters. The first kappa shape index (κ1) is 13.4. The summed E-state index contributed by atoms with van der Waals surface area (Å²) in [5.41, 5.74) is 5.29. The van der Waals surface area contributed by atoms with Crippen LogP contribution in [0.5, 0.6) is 0 Å². The van der Waals surface area contributed by atoms with Crippen LogP contribution in [-0.4, -0.2) is 30.6 Å². The maximum atomic E-state index is 13.3. The molecule has 0 bridgehead atoms. The molecular weight excluding hydrogens is 228 g/mol. The van der Waals surface area contributed by atoms with Crippen LogP contribution >= 0.6 is 0 Å². The van der Waals surface area contributed by atoms with Crippen molar-refractivity contribution < 1.29 is 13.6 Å². The number of hydrogen-bond acceptors (Lipinski definition) is 2. The first-order chi connectivity index (χ1) is 8.08. The zero-order chi connectivity index (χ0) is 12.8. The summed E-state index contributed by atoms with van der Waals surface area (Å²) in [5.74, 6) is -1.49. The molecule has 0 aliphatic carbocycles. The molecule has 0 atom stereocenters. The fraction of sp³-hybridized carbons (Fsp3) is 0.364. The van der Waals surface area contributed by atoms with Crippen LogP contribution in [0.3, 0.4) is 0 Å². The molecular formula is C11H15F2N3O. The Labute approximate surface area is 98.4 Å². The maximum Gasteiger partial charge on any atom is 0.321 e. The van der Waals surface area contributed by atoms with Gasteiger partial charge in [-0.25, -0.2) is 13.6 Å². The molecule has 0 heterocycles. The van der Waals surface area contributed by atoms with Crippen molar-refractivity contribution in [1.82, 2.24) is 4.90 Å². The number of urea groups is 1. The molecule has 0 radical (unpaired) electrons. The number of rotatable bonds is 4. The number of amides is 2. The number of carbonyl (C=O) groups is 1. The van der Waals surface area contributed by atoms with Crippen LogP contribution in [-0.2, 0) is 0 Å². The van der Waals surface area contributed by atoms with Crippen LogP contribution in [0.25, 0.3) is 0 Å². The minimum absolute atomic E-state index is 0.0492. The van der Waals surface area contributed by atoms with Crippen molar-refractivity contribution in [3.63, 3.8) is 0 Å². The fourth-order valence-electron chi connectivity index (χ4n) is 1.34. The molecule has 1 aromatic carbocycles. The number of nitrogens with zero attached hydrogens (tertiary/aromatic N) is 1. The third kappa shape index (κ3) is 3.67. The zero-order valence-corrected chi connectivity index (χ0v) is 9.54. The van der Waals surface area contributed by atoms with Gasteiger partial charge < -0.3 is 16.0 Å². The molecule has 0 aromatic heterocycles. The van der Waals surface area contributed by atoms with Gasteiger partial charge in [0, 0.05) is 25.7 Å². The molecule has 6 heteroatoms. The summed E-state index contributed by atoms with van der Waals surface area (Å²) in [6, 6.07) is 2.52. The highest BCUT2D eigenvalue weighted by Gasteiger charge is 2.13. The Morgan fingerprint density at radius 1 is 1.47 bits per heavy atom. The molecule has 1 aromatic rings. The van der Waals surface area contributed by atoms with E-state index in [1.807, 2.05) is 0 Å². The Morgan fingerprint density at radius 2 is 2.18 bits per heavy atom. The van der Waals surface area contributed by atoms with Gasteiger partial charge in [-0.05, 0) is 19.1 Å². The highest BCUT2D eigenvalue weighted by molar-refractivity contribution is 5.89. The van der Waals surface area contributed by atoms with Crippen molar-refractivity contribution >= 4 is 11.7 Å². The van der Waals surface area contributed by atoms with Gasteiger partial charge >= 0.3 is 6.03 Å². The quantitative estimate of drug-likeness (QED) is 0.846. The van der Waals surface area contributed by atoms with Crippen molar-refractivity contribution in [3.05, 3.63) is 29.8 Å². The molecule has 2 amide bonds. The SMILES string of the molecule is CCN(CCN)C(=O)Nc1ccc(F)cc1F. The van der Waals surface area contributed by atoms with Gasteiger partial charge in [0.05, 0.1) is 5.69 Å². The van der Waals surface area contributed by atoms with E-state index >= 15 is 0 Å². The second kappa shape index (κ2) is 6.15. The lowest BCUT2D eigenvalue weighted by Crippen LogP contribution is -2.38. The van der Waals surface area contributed by atoms with Crippen LogP contribution in [0.4, 0.5) is 19.3 Å². The van der Waals surface area contributed by atoms with Gasteiger partial charge in [0.1, 0.15) is 11.6 Å². The number of halogens is 2. The highest BCUT2D eigenvalue weighted by Crippen LogP contribution is 2.15. The molecule has 0 saturated carbocycles. The summed E-state index contributed by atoms with van der Waals surface area (Å²) >= 11 is 0. The number of benzene rings is 1. The van der Waals surface area contributed by atoms with Crippen LogP contribution in [0.2, 0.25) is 0 Å². The number of hydrogen-bond donors (Lipinski definition) is 2. The van der Waals surface area contributed by atoms with Crippen molar-refractivity contribution in [2.24, 2.45) is 5.73 Å². The summed E-state index contributed by atoms with van der Waals surface area (Å²) < 4.78 is 25.9. The largest absolute Gasteiger partial charge is 0.329 e. The molecule has 17 heavy (non-hydrogen) atoms. The van der Waals surface area contributed by atoms with E-state index in [9.17, 15) is 13.6 Å². The average molecular weight is 243 g/mol. The van der Waals surface area contributed by atoms with Gasteiger partial charge in [0.15, 0.2) is 0 Å². The topological polar surface area (TPSA) is 58.4 Å². The van der Waals surface area contributed by atoms with E-state index in [1.165, 1.54) is 11.0 Å². The van der Waals surface area contributed by atoms with E-state index in [-0.39, 0.29) is 5.69 Å². The van der Waals surface area contributed by atoms with Crippen molar-refractivity contribution in [1.29, 1.82) is 0 Å². The van der Waals surface area contributed by atoms with Crippen molar-refractivity contribution in [2.45, 2.75) is 6.92 Å². The number of nitrogens with one attached hydrogen (secondary N) is 1. The molecule has 1 rings (SSSR count). The lowest BCUT2D eigenvalue weighted by molar-refractivity contribution is 0.216. The predicted octanol–water partition coefficient (Wildman–Crippen LogP) is 1.78. The number of nitrogens with two attached hydrogens (primary N) is 1. The normalized spacial score (nSPS) is 10.1. The van der Waals surface area contributed by atoms with Crippen molar-refractivity contribution in [3.8, 4) is 0 Å².